The van der Waals surface area contributed by atoms with Gasteiger partial charge in [0.1, 0.15) is 11.6 Å². The SMILES string of the molecule is CCc1c(F)ccc2cc(OCOCc3ccccc3)cc(B3OC(C)(C)C(C)(C)O3)c12. The zero-order valence-electron chi connectivity index (χ0n) is 19.4. The topological polar surface area (TPSA) is 36.9 Å². The molecule has 0 aromatic heterocycles. The summed E-state index contributed by atoms with van der Waals surface area (Å²) < 4.78 is 38.9. The first-order valence-electron chi connectivity index (χ1n) is 11.1. The van der Waals surface area contributed by atoms with E-state index < -0.39 is 18.3 Å². The van der Waals surface area contributed by atoms with Gasteiger partial charge < -0.3 is 18.8 Å². The van der Waals surface area contributed by atoms with Crippen molar-refractivity contribution in [2.45, 2.75) is 58.8 Å². The van der Waals surface area contributed by atoms with Gasteiger partial charge in [0, 0.05) is 0 Å². The zero-order valence-corrected chi connectivity index (χ0v) is 19.4. The molecule has 0 aliphatic carbocycles. The van der Waals surface area contributed by atoms with Crippen LogP contribution in [0.15, 0.2) is 54.6 Å². The monoisotopic (exact) mass is 436 g/mol. The minimum absolute atomic E-state index is 0.102. The van der Waals surface area contributed by atoms with Crippen molar-refractivity contribution in [1.29, 1.82) is 0 Å². The summed E-state index contributed by atoms with van der Waals surface area (Å²) in [5.41, 5.74) is 1.50. The number of benzene rings is 3. The summed E-state index contributed by atoms with van der Waals surface area (Å²) in [4.78, 5) is 0. The summed E-state index contributed by atoms with van der Waals surface area (Å²) >= 11 is 0. The lowest BCUT2D eigenvalue weighted by Crippen LogP contribution is -2.41. The van der Waals surface area contributed by atoms with Crippen molar-refractivity contribution in [2.75, 3.05) is 6.79 Å². The largest absolute Gasteiger partial charge is 0.495 e. The van der Waals surface area contributed by atoms with Crippen LogP contribution in [0.25, 0.3) is 10.8 Å². The molecule has 4 nitrogen and oxygen atoms in total. The third-order valence-corrected chi connectivity index (χ3v) is 6.45. The summed E-state index contributed by atoms with van der Waals surface area (Å²) in [6.45, 7) is 10.5. The fraction of sp³-hybridized carbons (Fsp3) is 0.385. The Morgan fingerprint density at radius 1 is 0.938 bits per heavy atom. The Kier molecular flexibility index (Phi) is 6.30. The van der Waals surface area contributed by atoms with Crippen molar-refractivity contribution in [2.24, 2.45) is 0 Å². The molecule has 0 bridgehead atoms. The highest BCUT2D eigenvalue weighted by atomic mass is 19.1. The molecule has 32 heavy (non-hydrogen) atoms. The zero-order chi connectivity index (χ0) is 22.9. The fourth-order valence-electron chi connectivity index (χ4n) is 3.95. The first-order valence-corrected chi connectivity index (χ1v) is 11.1. The van der Waals surface area contributed by atoms with Crippen LogP contribution in [0.3, 0.4) is 0 Å². The van der Waals surface area contributed by atoms with E-state index in [1.807, 2.05) is 77.1 Å². The third kappa shape index (κ3) is 4.40. The lowest BCUT2D eigenvalue weighted by Gasteiger charge is -2.32. The maximum Gasteiger partial charge on any atom is 0.495 e. The number of aryl methyl sites for hydroxylation is 1. The fourth-order valence-corrected chi connectivity index (χ4v) is 3.95. The molecule has 0 N–H and O–H groups in total. The summed E-state index contributed by atoms with van der Waals surface area (Å²) in [7, 11) is -0.622. The van der Waals surface area contributed by atoms with E-state index in [2.05, 4.69) is 0 Å². The lowest BCUT2D eigenvalue weighted by atomic mass is 9.74. The van der Waals surface area contributed by atoms with Gasteiger partial charge in [0.2, 0.25) is 0 Å². The van der Waals surface area contributed by atoms with E-state index in [0.29, 0.717) is 24.3 Å². The molecular weight excluding hydrogens is 406 g/mol. The molecule has 1 fully saturated rings. The van der Waals surface area contributed by atoms with Crippen molar-refractivity contribution >= 4 is 23.4 Å². The van der Waals surface area contributed by atoms with Crippen LogP contribution in [0.2, 0.25) is 0 Å². The molecular formula is C26H30BFO4. The van der Waals surface area contributed by atoms with Gasteiger partial charge in [-0.15, -0.1) is 0 Å². The van der Waals surface area contributed by atoms with Crippen LogP contribution in [0.4, 0.5) is 4.39 Å². The van der Waals surface area contributed by atoms with E-state index in [4.69, 9.17) is 18.8 Å². The maximum absolute atomic E-state index is 14.7. The third-order valence-electron chi connectivity index (χ3n) is 6.45. The van der Waals surface area contributed by atoms with Crippen LogP contribution in [0, 0.1) is 5.82 Å². The molecule has 0 spiro atoms. The van der Waals surface area contributed by atoms with Crippen LogP contribution >= 0.6 is 0 Å². The number of hydrogen-bond donors (Lipinski definition) is 0. The number of rotatable bonds is 7. The summed E-state index contributed by atoms with van der Waals surface area (Å²) in [5.74, 6) is 0.404. The van der Waals surface area contributed by atoms with Gasteiger partial charge in [-0.3, -0.25) is 0 Å². The number of halogens is 1. The van der Waals surface area contributed by atoms with E-state index in [1.54, 1.807) is 6.07 Å². The van der Waals surface area contributed by atoms with Crippen LogP contribution < -0.4 is 10.2 Å². The van der Waals surface area contributed by atoms with Crippen molar-refractivity contribution in [3.63, 3.8) is 0 Å². The molecule has 1 heterocycles. The lowest BCUT2D eigenvalue weighted by molar-refractivity contribution is 0.00515. The first-order chi connectivity index (χ1) is 15.2. The van der Waals surface area contributed by atoms with Crippen molar-refractivity contribution in [3.8, 4) is 5.75 Å². The number of ether oxygens (including phenoxy) is 2. The molecule has 0 unspecified atom stereocenters. The normalized spacial score (nSPS) is 17.1. The molecule has 3 aromatic rings. The molecule has 6 heteroatoms. The van der Waals surface area contributed by atoms with E-state index >= 15 is 0 Å². The van der Waals surface area contributed by atoms with E-state index in [1.165, 1.54) is 6.07 Å². The van der Waals surface area contributed by atoms with Crippen molar-refractivity contribution < 1.29 is 23.2 Å². The van der Waals surface area contributed by atoms with Gasteiger partial charge in [-0.05, 0) is 79.7 Å². The van der Waals surface area contributed by atoms with Gasteiger partial charge in [-0.2, -0.15) is 0 Å². The Labute approximate surface area is 189 Å². The summed E-state index contributed by atoms with van der Waals surface area (Å²) in [6.07, 6.45) is 0.566. The summed E-state index contributed by atoms with van der Waals surface area (Å²) in [6, 6.07) is 17.0. The molecule has 1 saturated heterocycles. The Morgan fingerprint density at radius 3 is 2.28 bits per heavy atom. The smallest absolute Gasteiger partial charge is 0.468 e. The van der Waals surface area contributed by atoms with Gasteiger partial charge >= 0.3 is 7.12 Å². The molecule has 1 aliphatic rings. The van der Waals surface area contributed by atoms with Crippen LogP contribution in [0.5, 0.6) is 5.75 Å². The van der Waals surface area contributed by atoms with Crippen LogP contribution in [-0.2, 0) is 27.1 Å². The second-order valence-electron chi connectivity index (χ2n) is 9.17. The highest BCUT2D eigenvalue weighted by Gasteiger charge is 2.52. The van der Waals surface area contributed by atoms with Crippen molar-refractivity contribution in [3.05, 3.63) is 71.5 Å². The van der Waals surface area contributed by atoms with Gasteiger partial charge in [-0.25, -0.2) is 4.39 Å². The van der Waals surface area contributed by atoms with Gasteiger partial charge in [0.25, 0.3) is 0 Å². The second-order valence-corrected chi connectivity index (χ2v) is 9.17. The van der Waals surface area contributed by atoms with E-state index in [0.717, 1.165) is 21.8 Å². The van der Waals surface area contributed by atoms with E-state index in [9.17, 15) is 4.39 Å². The number of hydrogen-bond acceptors (Lipinski definition) is 4. The Morgan fingerprint density at radius 2 is 1.62 bits per heavy atom. The molecule has 0 radical (unpaired) electrons. The van der Waals surface area contributed by atoms with Crippen LogP contribution in [-0.4, -0.2) is 25.1 Å². The molecule has 3 aromatic carbocycles. The average molecular weight is 436 g/mol. The molecule has 1 aliphatic heterocycles. The quantitative estimate of drug-likeness (QED) is 0.283. The van der Waals surface area contributed by atoms with Gasteiger partial charge in [0.15, 0.2) is 6.79 Å². The van der Waals surface area contributed by atoms with Gasteiger partial charge in [-0.1, -0.05) is 43.3 Å². The predicted molar refractivity (Wildman–Crippen MR) is 126 cm³/mol. The highest BCUT2D eigenvalue weighted by molar-refractivity contribution is 6.65. The predicted octanol–water partition coefficient (Wildman–Crippen LogP) is 5.39. The average Bonchev–Trinajstić information content (AvgIpc) is 2.98. The van der Waals surface area contributed by atoms with Crippen LogP contribution in [0.1, 0.15) is 45.7 Å². The summed E-state index contributed by atoms with van der Waals surface area (Å²) in [5, 5.41) is 1.71. The van der Waals surface area contributed by atoms with Gasteiger partial charge in [0.05, 0.1) is 17.8 Å². The Hall–Kier alpha value is -2.41. The minimum Gasteiger partial charge on any atom is -0.468 e. The molecule has 168 valence electrons. The molecule has 0 saturated carbocycles. The number of fused-ring (bicyclic) bond motifs is 1. The highest BCUT2D eigenvalue weighted by Crippen LogP contribution is 2.38. The molecule has 0 amide bonds. The maximum atomic E-state index is 14.7. The second kappa shape index (κ2) is 8.85. The molecule has 4 rings (SSSR count). The van der Waals surface area contributed by atoms with E-state index in [-0.39, 0.29) is 12.6 Å². The Bertz CT molecular complexity index is 1080. The first kappa shape index (κ1) is 22.8. The van der Waals surface area contributed by atoms with Crippen molar-refractivity contribution in [1.82, 2.24) is 0 Å². The standard InChI is InChI=1S/C26H30BFO4/c1-6-21-23(28)13-12-19-14-20(30-17-29-16-18-10-8-7-9-11-18)15-22(24(19)21)27-31-25(2,3)26(4,5)32-27/h7-15H,6,16-17H2,1-5H3. The minimum atomic E-state index is -0.622. The Balaban J connectivity index is 1.64. The molecule has 0 atom stereocenters.